The highest BCUT2D eigenvalue weighted by molar-refractivity contribution is 7.99. The number of hydrogen-bond donors (Lipinski definition) is 1. The Kier molecular flexibility index (Phi) is 6.04. The molecule has 0 saturated heterocycles. The van der Waals surface area contributed by atoms with Crippen molar-refractivity contribution >= 4 is 39.3 Å². The van der Waals surface area contributed by atoms with Crippen LogP contribution in [-0.2, 0) is 20.6 Å². The monoisotopic (exact) mass is 373 g/mol. The molecule has 0 radical (unpaired) electrons. The van der Waals surface area contributed by atoms with E-state index in [1.807, 2.05) is 16.9 Å². The van der Waals surface area contributed by atoms with Gasteiger partial charge in [-0.2, -0.15) is 0 Å². The summed E-state index contributed by atoms with van der Waals surface area (Å²) in [6, 6.07) is 11.4. The van der Waals surface area contributed by atoms with Gasteiger partial charge in [0.1, 0.15) is 5.82 Å². The molecule has 0 saturated carbocycles. The summed E-state index contributed by atoms with van der Waals surface area (Å²) in [4.78, 5) is 11.6. The number of halogens is 2. The highest BCUT2D eigenvalue weighted by Crippen LogP contribution is 2.16. The summed E-state index contributed by atoms with van der Waals surface area (Å²) in [5.74, 6) is -0.633. The zero-order chi connectivity index (χ0) is 16.9. The van der Waals surface area contributed by atoms with Gasteiger partial charge in [-0.05, 0) is 42.0 Å². The lowest BCUT2D eigenvalue weighted by molar-refractivity contribution is -0.116. The molecule has 2 aromatic carbocycles. The highest BCUT2D eigenvalue weighted by atomic mass is 35.5. The number of benzene rings is 2. The second-order valence-corrected chi connectivity index (χ2v) is 7.71. The number of hydrogen-bond acceptors (Lipinski definition) is 4. The van der Waals surface area contributed by atoms with Crippen LogP contribution in [0.15, 0.2) is 53.4 Å². The second-order valence-electron chi connectivity index (χ2n) is 4.60. The Balaban J connectivity index is 1.86. The van der Waals surface area contributed by atoms with Crippen molar-refractivity contribution < 1.29 is 17.6 Å². The number of carbonyl (C=O) groups is 1. The first-order valence-corrected chi connectivity index (χ1v) is 9.52. The van der Waals surface area contributed by atoms with Gasteiger partial charge in [-0.1, -0.05) is 23.7 Å². The second kappa shape index (κ2) is 7.81. The van der Waals surface area contributed by atoms with Gasteiger partial charge in [0.25, 0.3) is 10.0 Å². The summed E-state index contributed by atoms with van der Waals surface area (Å²) in [7, 11) is -3.97. The molecule has 4 nitrogen and oxygen atoms in total. The molecule has 0 heterocycles. The van der Waals surface area contributed by atoms with Crippen molar-refractivity contribution in [1.82, 2.24) is 4.72 Å². The van der Waals surface area contributed by atoms with E-state index in [1.54, 1.807) is 12.1 Å². The fourth-order valence-corrected chi connectivity index (χ4v) is 3.68. The fourth-order valence-electron chi connectivity index (χ4n) is 1.69. The third-order valence-corrected chi connectivity index (χ3v) is 5.43. The Bertz CT molecular complexity index is 777. The van der Waals surface area contributed by atoms with Crippen molar-refractivity contribution in [3.8, 4) is 0 Å². The van der Waals surface area contributed by atoms with Crippen LogP contribution in [0.5, 0.6) is 0 Å². The summed E-state index contributed by atoms with van der Waals surface area (Å²) in [6.45, 7) is 0. The predicted molar refractivity (Wildman–Crippen MR) is 89.3 cm³/mol. The maximum atomic E-state index is 12.8. The van der Waals surface area contributed by atoms with E-state index in [-0.39, 0.29) is 10.6 Å². The van der Waals surface area contributed by atoms with Crippen LogP contribution < -0.4 is 4.72 Å². The summed E-state index contributed by atoms with van der Waals surface area (Å²) in [5, 5.41) is 0.627. The summed E-state index contributed by atoms with van der Waals surface area (Å²) < 4.78 is 38.6. The molecule has 0 atom stereocenters. The maximum absolute atomic E-state index is 12.8. The number of thioether (sulfide) groups is 1. The normalized spacial score (nSPS) is 11.2. The molecule has 8 heteroatoms. The van der Waals surface area contributed by atoms with E-state index >= 15 is 0 Å². The van der Waals surface area contributed by atoms with E-state index in [0.717, 1.165) is 29.8 Å². The van der Waals surface area contributed by atoms with Crippen LogP contribution >= 0.6 is 23.4 Å². The first-order valence-electron chi connectivity index (χ1n) is 6.50. The lowest BCUT2D eigenvalue weighted by atomic mass is 10.2. The van der Waals surface area contributed by atoms with Gasteiger partial charge < -0.3 is 0 Å². The van der Waals surface area contributed by atoms with Crippen molar-refractivity contribution in [2.75, 3.05) is 5.75 Å². The number of amides is 1. The molecule has 1 N–H and O–H groups in total. The molecule has 2 aromatic rings. The first kappa shape index (κ1) is 17.8. The van der Waals surface area contributed by atoms with Crippen molar-refractivity contribution in [3.63, 3.8) is 0 Å². The molecule has 0 aromatic heterocycles. The van der Waals surface area contributed by atoms with E-state index < -0.39 is 21.7 Å². The lowest BCUT2D eigenvalue weighted by Gasteiger charge is -2.07. The van der Waals surface area contributed by atoms with E-state index in [0.29, 0.717) is 10.8 Å². The lowest BCUT2D eigenvalue weighted by Crippen LogP contribution is -2.31. The minimum Gasteiger partial charge on any atom is -0.273 e. The van der Waals surface area contributed by atoms with Gasteiger partial charge in [-0.25, -0.2) is 17.5 Å². The fraction of sp³-hybridized carbons (Fsp3) is 0.133. The van der Waals surface area contributed by atoms with Gasteiger partial charge in [0.2, 0.25) is 5.91 Å². The molecule has 0 aliphatic carbocycles. The molecule has 0 aliphatic heterocycles. The quantitative estimate of drug-likeness (QED) is 0.844. The third kappa shape index (κ3) is 5.53. The number of sulfonamides is 1. The van der Waals surface area contributed by atoms with Crippen molar-refractivity contribution in [1.29, 1.82) is 0 Å². The van der Waals surface area contributed by atoms with Gasteiger partial charge in [0.15, 0.2) is 0 Å². The minimum atomic E-state index is -3.97. The van der Waals surface area contributed by atoms with Crippen LogP contribution in [-0.4, -0.2) is 20.1 Å². The summed E-state index contributed by atoms with van der Waals surface area (Å²) >= 11 is 7.05. The minimum absolute atomic E-state index is 0.0109. The van der Waals surface area contributed by atoms with E-state index in [4.69, 9.17) is 11.6 Å². The van der Waals surface area contributed by atoms with Crippen molar-refractivity contribution in [2.45, 2.75) is 10.6 Å². The SMILES string of the molecule is O=C(CSCc1ccc(Cl)cc1)NS(=O)(=O)c1ccc(F)cc1. The number of rotatable bonds is 6. The molecule has 122 valence electrons. The molecular weight excluding hydrogens is 361 g/mol. The van der Waals surface area contributed by atoms with E-state index in [9.17, 15) is 17.6 Å². The van der Waals surface area contributed by atoms with Gasteiger partial charge in [-0.15, -0.1) is 11.8 Å². The van der Waals surface area contributed by atoms with Gasteiger partial charge in [0, 0.05) is 10.8 Å². The third-order valence-electron chi connectivity index (χ3n) is 2.79. The molecule has 2 rings (SSSR count). The summed E-state index contributed by atoms with van der Waals surface area (Å²) in [5.41, 5.74) is 0.980. The topological polar surface area (TPSA) is 63.2 Å². The molecule has 0 spiro atoms. The van der Waals surface area contributed by atoms with Crippen LogP contribution in [0.4, 0.5) is 4.39 Å². The standard InChI is InChI=1S/C15H13ClFNO3S2/c16-12-3-1-11(2-4-12)9-22-10-15(19)18-23(20,21)14-7-5-13(17)6-8-14/h1-8H,9-10H2,(H,18,19). The molecule has 0 aliphatic rings. The number of nitrogens with one attached hydrogen (secondary N) is 1. The van der Waals surface area contributed by atoms with Gasteiger partial charge in [-0.3, -0.25) is 4.79 Å². The Morgan fingerprint density at radius 1 is 1.09 bits per heavy atom. The van der Waals surface area contributed by atoms with Gasteiger partial charge >= 0.3 is 0 Å². The zero-order valence-corrected chi connectivity index (χ0v) is 14.2. The summed E-state index contributed by atoms with van der Waals surface area (Å²) in [6.07, 6.45) is 0. The molecular formula is C15H13ClFNO3S2. The molecule has 23 heavy (non-hydrogen) atoms. The Morgan fingerprint density at radius 2 is 1.70 bits per heavy atom. The average molecular weight is 374 g/mol. The average Bonchev–Trinajstić information content (AvgIpc) is 2.49. The molecule has 0 unspecified atom stereocenters. The van der Waals surface area contributed by atoms with Crippen LogP contribution in [0.3, 0.4) is 0 Å². The van der Waals surface area contributed by atoms with Crippen molar-refractivity contribution in [2.24, 2.45) is 0 Å². The first-order chi connectivity index (χ1) is 10.9. The molecule has 0 fully saturated rings. The van der Waals surface area contributed by atoms with Crippen LogP contribution in [0.1, 0.15) is 5.56 Å². The van der Waals surface area contributed by atoms with Crippen LogP contribution in [0.25, 0.3) is 0 Å². The van der Waals surface area contributed by atoms with Crippen LogP contribution in [0, 0.1) is 5.82 Å². The van der Waals surface area contributed by atoms with Crippen molar-refractivity contribution in [3.05, 3.63) is 64.9 Å². The van der Waals surface area contributed by atoms with Crippen LogP contribution in [0.2, 0.25) is 5.02 Å². The van der Waals surface area contributed by atoms with Gasteiger partial charge in [0.05, 0.1) is 10.6 Å². The Hall–Kier alpha value is -1.57. The maximum Gasteiger partial charge on any atom is 0.264 e. The molecule has 0 bridgehead atoms. The zero-order valence-electron chi connectivity index (χ0n) is 11.8. The van der Waals surface area contributed by atoms with E-state index in [2.05, 4.69) is 0 Å². The highest BCUT2D eigenvalue weighted by Gasteiger charge is 2.17. The molecule has 1 amide bonds. The largest absolute Gasteiger partial charge is 0.273 e. The predicted octanol–water partition coefficient (Wildman–Crippen LogP) is 3.22. The Morgan fingerprint density at radius 3 is 2.30 bits per heavy atom. The smallest absolute Gasteiger partial charge is 0.264 e. The van der Waals surface area contributed by atoms with E-state index in [1.165, 1.54) is 11.8 Å². The Labute approximate surface area is 143 Å². The number of carbonyl (C=O) groups excluding carboxylic acids is 1.